The molecule has 15 heteroatoms. The highest BCUT2D eigenvalue weighted by Gasteiger charge is 2.39. The zero-order valence-electron chi connectivity index (χ0n) is 17.2. The van der Waals surface area contributed by atoms with Crippen LogP contribution in [0.5, 0.6) is 5.75 Å². The largest absolute Gasteiger partial charge is 0.496 e. The summed E-state index contributed by atoms with van der Waals surface area (Å²) in [6, 6.07) is 7.65. The SMILES string of the molecule is COc1ccccc1Sc1nc(C(F)(F)F)c2c(N)n(-c3c(Cl)cc(C(F)(F)F)cc3Cl)nc2n1. The maximum Gasteiger partial charge on any atom is 0.434 e. The van der Waals surface area contributed by atoms with Crippen molar-refractivity contribution in [2.75, 3.05) is 12.8 Å². The number of fused-ring (bicyclic) bond motifs is 1. The Labute approximate surface area is 207 Å². The van der Waals surface area contributed by atoms with Gasteiger partial charge in [-0.2, -0.15) is 26.3 Å². The monoisotopic (exact) mass is 553 g/mol. The van der Waals surface area contributed by atoms with Crippen molar-refractivity contribution in [3.8, 4) is 11.4 Å². The molecule has 0 saturated carbocycles. The van der Waals surface area contributed by atoms with E-state index in [1.54, 1.807) is 24.3 Å². The van der Waals surface area contributed by atoms with Gasteiger partial charge in [0.05, 0.1) is 33.0 Å². The molecule has 0 aliphatic rings. The molecule has 0 unspecified atom stereocenters. The molecule has 0 fully saturated rings. The van der Waals surface area contributed by atoms with E-state index in [9.17, 15) is 26.3 Å². The van der Waals surface area contributed by atoms with Gasteiger partial charge in [-0.3, -0.25) is 0 Å². The Hall–Kier alpha value is -2.90. The quantitative estimate of drug-likeness (QED) is 0.219. The van der Waals surface area contributed by atoms with Crippen molar-refractivity contribution in [3.63, 3.8) is 0 Å². The molecular weight excluding hydrogens is 543 g/mol. The van der Waals surface area contributed by atoms with E-state index in [1.165, 1.54) is 7.11 Å². The normalized spacial score (nSPS) is 12.4. The number of ether oxygens (including phenoxy) is 1. The standard InChI is InChI=1S/C20H11Cl2F6N5OS/c1-34-11-4-2-3-5-12(11)35-18-30-15(20(26,27)28)13-16(29)33(32-17(13)31-18)14-9(21)6-8(7-10(14)22)19(23,24)25/h2-7H,29H2,1H3. The lowest BCUT2D eigenvalue weighted by Crippen LogP contribution is -2.11. The summed E-state index contributed by atoms with van der Waals surface area (Å²) < 4.78 is 86.9. The number of anilines is 1. The molecule has 0 bridgehead atoms. The minimum absolute atomic E-state index is 0.316. The topological polar surface area (TPSA) is 78.9 Å². The fourth-order valence-electron chi connectivity index (χ4n) is 3.15. The number of nitrogen functional groups attached to an aromatic ring is 1. The van der Waals surface area contributed by atoms with Gasteiger partial charge in [-0.05, 0) is 36.0 Å². The summed E-state index contributed by atoms with van der Waals surface area (Å²) in [4.78, 5) is 8.12. The van der Waals surface area contributed by atoms with E-state index in [0.717, 1.165) is 11.8 Å². The Morgan fingerprint density at radius 2 is 1.60 bits per heavy atom. The molecule has 0 aliphatic carbocycles. The minimum atomic E-state index is -4.97. The van der Waals surface area contributed by atoms with Crippen LogP contribution in [0.15, 0.2) is 46.5 Å². The van der Waals surface area contributed by atoms with Crippen molar-refractivity contribution < 1.29 is 31.1 Å². The number of nitrogens with zero attached hydrogens (tertiary/aromatic N) is 4. The summed E-state index contributed by atoms with van der Waals surface area (Å²) >= 11 is 12.8. The molecule has 0 aliphatic heterocycles. The van der Waals surface area contributed by atoms with Crippen molar-refractivity contribution in [2.24, 2.45) is 0 Å². The van der Waals surface area contributed by atoms with Crippen LogP contribution < -0.4 is 10.5 Å². The van der Waals surface area contributed by atoms with Gasteiger partial charge in [-0.15, -0.1) is 5.10 Å². The van der Waals surface area contributed by atoms with Gasteiger partial charge in [0.2, 0.25) is 0 Å². The highest BCUT2D eigenvalue weighted by molar-refractivity contribution is 7.99. The number of benzene rings is 2. The Morgan fingerprint density at radius 3 is 2.17 bits per heavy atom. The van der Waals surface area contributed by atoms with E-state index >= 15 is 0 Å². The number of hydrogen-bond acceptors (Lipinski definition) is 6. The number of methoxy groups -OCH3 is 1. The lowest BCUT2D eigenvalue weighted by Gasteiger charge is -2.13. The summed E-state index contributed by atoms with van der Waals surface area (Å²) in [7, 11) is 1.39. The third kappa shape index (κ3) is 4.80. The first-order valence-corrected chi connectivity index (χ1v) is 10.9. The van der Waals surface area contributed by atoms with Gasteiger partial charge in [0.1, 0.15) is 17.3 Å². The first kappa shape index (κ1) is 25.2. The third-order valence-corrected chi connectivity index (χ3v) is 6.14. The number of halogens is 8. The molecule has 0 radical (unpaired) electrons. The second-order valence-corrected chi connectivity index (χ2v) is 8.71. The number of alkyl halides is 6. The van der Waals surface area contributed by atoms with Gasteiger partial charge in [-0.1, -0.05) is 35.3 Å². The predicted octanol–water partition coefficient (Wildman–Crippen LogP) is 6.90. The average molecular weight is 554 g/mol. The smallest absolute Gasteiger partial charge is 0.434 e. The van der Waals surface area contributed by atoms with Crippen LogP contribution in [0.4, 0.5) is 32.2 Å². The van der Waals surface area contributed by atoms with E-state index < -0.39 is 50.5 Å². The molecule has 0 spiro atoms. The summed E-state index contributed by atoms with van der Waals surface area (Å²) in [6.07, 6.45) is -9.72. The zero-order chi connectivity index (χ0) is 25.7. The highest BCUT2D eigenvalue weighted by atomic mass is 35.5. The van der Waals surface area contributed by atoms with E-state index in [4.69, 9.17) is 33.7 Å². The molecule has 0 amide bonds. The number of rotatable bonds is 4. The lowest BCUT2D eigenvalue weighted by atomic mass is 10.2. The number of hydrogen-bond donors (Lipinski definition) is 1. The van der Waals surface area contributed by atoms with Crippen molar-refractivity contribution in [1.29, 1.82) is 0 Å². The third-order valence-electron chi connectivity index (χ3n) is 4.64. The van der Waals surface area contributed by atoms with Gasteiger partial charge in [0.25, 0.3) is 0 Å². The molecular formula is C20H11Cl2F6N5OS. The van der Waals surface area contributed by atoms with E-state index in [0.29, 0.717) is 27.5 Å². The molecule has 2 N–H and O–H groups in total. The highest BCUT2D eigenvalue weighted by Crippen LogP contribution is 2.42. The van der Waals surface area contributed by atoms with Crippen molar-refractivity contribution in [3.05, 3.63) is 57.7 Å². The van der Waals surface area contributed by atoms with Crippen molar-refractivity contribution >= 4 is 51.8 Å². The Balaban J connectivity index is 1.93. The van der Waals surface area contributed by atoms with Gasteiger partial charge in [0, 0.05) is 0 Å². The Bertz CT molecular complexity index is 1420. The molecule has 184 valence electrons. The molecule has 2 aromatic carbocycles. The number of nitrogens with two attached hydrogens (primary N) is 1. The summed E-state index contributed by atoms with van der Waals surface area (Å²) in [5.41, 5.74) is 2.58. The zero-order valence-corrected chi connectivity index (χ0v) is 19.5. The van der Waals surface area contributed by atoms with Crippen LogP contribution in [0, 0.1) is 0 Å². The molecule has 0 saturated heterocycles. The van der Waals surface area contributed by atoms with Crippen LogP contribution in [-0.4, -0.2) is 26.9 Å². The first-order chi connectivity index (χ1) is 16.3. The van der Waals surface area contributed by atoms with Crippen molar-refractivity contribution in [1.82, 2.24) is 19.7 Å². The molecule has 4 aromatic rings. The lowest BCUT2D eigenvalue weighted by molar-refractivity contribution is -0.140. The summed E-state index contributed by atoms with van der Waals surface area (Å²) in [5, 5.41) is 1.92. The number of aromatic nitrogens is 4. The van der Waals surface area contributed by atoms with E-state index in [2.05, 4.69) is 15.1 Å². The fraction of sp³-hybridized carbons (Fsp3) is 0.150. The van der Waals surface area contributed by atoms with Crippen LogP contribution in [0.2, 0.25) is 10.0 Å². The van der Waals surface area contributed by atoms with Gasteiger partial charge in [-0.25, -0.2) is 14.6 Å². The Morgan fingerprint density at radius 1 is 0.971 bits per heavy atom. The Kier molecular flexibility index (Phi) is 6.45. The maximum absolute atomic E-state index is 13.9. The molecule has 2 aromatic heterocycles. The molecule has 0 atom stereocenters. The second-order valence-electron chi connectivity index (χ2n) is 6.89. The fourth-order valence-corrected chi connectivity index (χ4v) is 4.66. The average Bonchev–Trinajstić information content (AvgIpc) is 3.07. The van der Waals surface area contributed by atoms with E-state index in [1.807, 2.05) is 0 Å². The van der Waals surface area contributed by atoms with Gasteiger partial charge >= 0.3 is 12.4 Å². The molecule has 2 heterocycles. The summed E-state index contributed by atoms with van der Waals surface area (Å²) in [6.45, 7) is 0. The molecule has 6 nitrogen and oxygen atoms in total. The van der Waals surface area contributed by atoms with Gasteiger partial charge < -0.3 is 10.5 Å². The van der Waals surface area contributed by atoms with Gasteiger partial charge in [0.15, 0.2) is 16.5 Å². The second kappa shape index (κ2) is 8.95. The maximum atomic E-state index is 13.9. The first-order valence-electron chi connectivity index (χ1n) is 9.32. The van der Waals surface area contributed by atoms with Crippen LogP contribution in [-0.2, 0) is 12.4 Å². The molecule has 35 heavy (non-hydrogen) atoms. The van der Waals surface area contributed by atoms with Crippen molar-refractivity contribution in [2.45, 2.75) is 22.4 Å². The molecule has 4 rings (SSSR count). The number of para-hydroxylation sites is 1. The minimum Gasteiger partial charge on any atom is -0.496 e. The predicted molar refractivity (Wildman–Crippen MR) is 118 cm³/mol. The van der Waals surface area contributed by atoms with Crippen LogP contribution in [0.25, 0.3) is 16.7 Å². The summed E-state index contributed by atoms with van der Waals surface area (Å²) in [5.74, 6) is -0.229. The van der Waals surface area contributed by atoms with Crippen LogP contribution >= 0.6 is 35.0 Å². The van der Waals surface area contributed by atoms with Crippen LogP contribution in [0.3, 0.4) is 0 Å². The van der Waals surface area contributed by atoms with Crippen LogP contribution in [0.1, 0.15) is 11.3 Å². The van der Waals surface area contributed by atoms with E-state index in [-0.39, 0.29) is 10.8 Å².